The van der Waals surface area contributed by atoms with Crippen LogP contribution in [-0.2, 0) is 0 Å². The summed E-state index contributed by atoms with van der Waals surface area (Å²) in [6, 6.07) is 11.5. The zero-order chi connectivity index (χ0) is 9.80. The zero-order valence-corrected chi connectivity index (χ0v) is 8.81. The van der Waals surface area contributed by atoms with E-state index in [1.165, 1.54) is 0 Å². The van der Waals surface area contributed by atoms with Crippen LogP contribution in [0, 0.1) is 0 Å². The quantitative estimate of drug-likeness (QED) is 0.769. The second-order valence-electron chi connectivity index (χ2n) is 2.58. The second-order valence-corrected chi connectivity index (χ2v) is 3.39. The molecule has 2 aromatic rings. The van der Waals surface area contributed by atoms with E-state index in [0.29, 0.717) is 10.6 Å². The van der Waals surface area contributed by atoms with Crippen molar-refractivity contribution in [3.05, 3.63) is 47.2 Å². The van der Waals surface area contributed by atoms with Gasteiger partial charge in [-0.1, -0.05) is 18.2 Å². The lowest BCUT2D eigenvalue weighted by atomic mass is 10.3. The SMILES string of the molecule is Brc1ccnc(Oc2ccccc2)n1. The summed E-state index contributed by atoms with van der Waals surface area (Å²) in [7, 11) is 0. The lowest BCUT2D eigenvalue weighted by molar-refractivity contribution is 0.440. The van der Waals surface area contributed by atoms with Gasteiger partial charge in [-0.25, -0.2) is 4.98 Å². The highest BCUT2D eigenvalue weighted by molar-refractivity contribution is 9.10. The van der Waals surface area contributed by atoms with Gasteiger partial charge in [0.2, 0.25) is 0 Å². The van der Waals surface area contributed by atoms with E-state index in [4.69, 9.17) is 4.74 Å². The van der Waals surface area contributed by atoms with Crippen LogP contribution in [0.3, 0.4) is 0 Å². The summed E-state index contributed by atoms with van der Waals surface area (Å²) in [5, 5.41) is 0. The van der Waals surface area contributed by atoms with Crippen LogP contribution in [0.2, 0.25) is 0 Å². The van der Waals surface area contributed by atoms with Crippen molar-refractivity contribution in [1.82, 2.24) is 9.97 Å². The van der Waals surface area contributed by atoms with Gasteiger partial charge in [-0.2, -0.15) is 4.98 Å². The molecule has 2 rings (SSSR count). The molecule has 0 saturated heterocycles. The summed E-state index contributed by atoms with van der Waals surface area (Å²) < 4.78 is 6.11. The molecule has 0 bridgehead atoms. The van der Waals surface area contributed by atoms with Gasteiger partial charge in [0, 0.05) is 6.20 Å². The van der Waals surface area contributed by atoms with E-state index in [0.717, 1.165) is 5.75 Å². The molecular formula is C10H7BrN2O. The molecule has 0 radical (unpaired) electrons. The van der Waals surface area contributed by atoms with E-state index in [9.17, 15) is 0 Å². The number of ether oxygens (including phenoxy) is 1. The average Bonchev–Trinajstić information content (AvgIpc) is 2.19. The van der Waals surface area contributed by atoms with Gasteiger partial charge < -0.3 is 4.74 Å². The van der Waals surface area contributed by atoms with E-state index in [-0.39, 0.29) is 0 Å². The Hall–Kier alpha value is -1.42. The maximum atomic E-state index is 5.41. The third-order valence-electron chi connectivity index (χ3n) is 1.55. The third-order valence-corrected chi connectivity index (χ3v) is 1.99. The zero-order valence-electron chi connectivity index (χ0n) is 7.22. The Bertz CT molecular complexity index is 419. The Kier molecular flexibility index (Phi) is 2.74. The van der Waals surface area contributed by atoms with Crippen LogP contribution >= 0.6 is 15.9 Å². The molecule has 1 heterocycles. The number of benzene rings is 1. The standard InChI is InChI=1S/C10H7BrN2O/c11-9-6-7-12-10(13-9)14-8-4-2-1-3-5-8/h1-7H. The Balaban J connectivity index is 2.19. The average molecular weight is 251 g/mol. The lowest BCUT2D eigenvalue weighted by Crippen LogP contribution is -1.90. The molecule has 0 aliphatic heterocycles. The molecule has 3 nitrogen and oxygen atoms in total. The minimum atomic E-state index is 0.338. The predicted molar refractivity (Wildman–Crippen MR) is 56.2 cm³/mol. The smallest absolute Gasteiger partial charge is 0.322 e. The molecule has 0 unspecified atom stereocenters. The van der Waals surface area contributed by atoms with Gasteiger partial charge in [-0.15, -0.1) is 0 Å². The fourth-order valence-electron chi connectivity index (χ4n) is 0.963. The molecule has 0 amide bonds. The number of para-hydroxylation sites is 1. The maximum Gasteiger partial charge on any atom is 0.322 e. The summed E-state index contributed by atoms with van der Waals surface area (Å²) in [4.78, 5) is 8.02. The normalized spacial score (nSPS) is 9.79. The molecule has 0 saturated carbocycles. The van der Waals surface area contributed by atoms with Crippen LogP contribution in [0.1, 0.15) is 0 Å². The van der Waals surface area contributed by atoms with Gasteiger partial charge in [0.25, 0.3) is 0 Å². The monoisotopic (exact) mass is 250 g/mol. The third kappa shape index (κ3) is 2.29. The first kappa shape index (κ1) is 9.15. The Labute approximate surface area is 89.9 Å². The molecule has 1 aromatic carbocycles. The molecule has 0 N–H and O–H groups in total. The van der Waals surface area contributed by atoms with Crippen molar-refractivity contribution in [3.63, 3.8) is 0 Å². The van der Waals surface area contributed by atoms with Gasteiger partial charge in [-0.05, 0) is 34.1 Å². The van der Waals surface area contributed by atoms with E-state index in [2.05, 4.69) is 25.9 Å². The maximum absolute atomic E-state index is 5.41. The molecule has 0 atom stereocenters. The molecule has 0 spiro atoms. The number of rotatable bonds is 2. The molecule has 14 heavy (non-hydrogen) atoms. The van der Waals surface area contributed by atoms with Crippen LogP contribution in [0.5, 0.6) is 11.8 Å². The van der Waals surface area contributed by atoms with Crippen molar-refractivity contribution in [2.75, 3.05) is 0 Å². The number of halogens is 1. The van der Waals surface area contributed by atoms with Crippen LogP contribution in [-0.4, -0.2) is 9.97 Å². The van der Waals surface area contributed by atoms with Crippen molar-refractivity contribution in [2.45, 2.75) is 0 Å². The molecule has 4 heteroatoms. The highest BCUT2D eigenvalue weighted by Crippen LogP contribution is 2.17. The molecule has 0 aliphatic rings. The number of aromatic nitrogens is 2. The largest absolute Gasteiger partial charge is 0.424 e. The van der Waals surface area contributed by atoms with Crippen LogP contribution < -0.4 is 4.74 Å². The van der Waals surface area contributed by atoms with Gasteiger partial charge >= 0.3 is 6.01 Å². The summed E-state index contributed by atoms with van der Waals surface area (Å²) >= 11 is 3.24. The molecule has 1 aromatic heterocycles. The fraction of sp³-hybridized carbons (Fsp3) is 0. The lowest BCUT2D eigenvalue weighted by Gasteiger charge is -2.02. The molecule has 0 fully saturated rings. The van der Waals surface area contributed by atoms with Crippen molar-refractivity contribution in [2.24, 2.45) is 0 Å². The van der Waals surface area contributed by atoms with Crippen LogP contribution in [0.15, 0.2) is 47.2 Å². The van der Waals surface area contributed by atoms with Gasteiger partial charge in [0.1, 0.15) is 10.4 Å². The molecule has 70 valence electrons. The highest BCUT2D eigenvalue weighted by Gasteiger charge is 1.99. The topological polar surface area (TPSA) is 35.0 Å². The number of nitrogens with zero attached hydrogens (tertiary/aromatic N) is 2. The molecular weight excluding hydrogens is 244 g/mol. The van der Waals surface area contributed by atoms with E-state index < -0.39 is 0 Å². The summed E-state index contributed by atoms with van der Waals surface area (Å²) in [6.07, 6.45) is 1.63. The second kappa shape index (κ2) is 4.19. The number of hydrogen-bond donors (Lipinski definition) is 0. The van der Waals surface area contributed by atoms with Crippen LogP contribution in [0.4, 0.5) is 0 Å². The highest BCUT2D eigenvalue weighted by atomic mass is 79.9. The van der Waals surface area contributed by atoms with E-state index >= 15 is 0 Å². The Morgan fingerprint density at radius 1 is 1.07 bits per heavy atom. The number of hydrogen-bond acceptors (Lipinski definition) is 3. The van der Waals surface area contributed by atoms with Crippen molar-refractivity contribution in [3.8, 4) is 11.8 Å². The summed E-state index contributed by atoms with van der Waals surface area (Å²) in [6.45, 7) is 0. The minimum Gasteiger partial charge on any atom is -0.424 e. The molecule has 0 aliphatic carbocycles. The van der Waals surface area contributed by atoms with Crippen molar-refractivity contribution in [1.29, 1.82) is 0 Å². The van der Waals surface area contributed by atoms with Gasteiger partial charge in [0.05, 0.1) is 0 Å². The first-order chi connectivity index (χ1) is 6.84. The Morgan fingerprint density at radius 2 is 1.86 bits per heavy atom. The van der Waals surface area contributed by atoms with E-state index in [1.807, 2.05) is 30.3 Å². The fourth-order valence-corrected chi connectivity index (χ4v) is 1.23. The predicted octanol–water partition coefficient (Wildman–Crippen LogP) is 3.03. The minimum absolute atomic E-state index is 0.338. The summed E-state index contributed by atoms with van der Waals surface area (Å²) in [5.74, 6) is 0.727. The van der Waals surface area contributed by atoms with Crippen molar-refractivity contribution < 1.29 is 4.74 Å². The first-order valence-corrected chi connectivity index (χ1v) is 4.85. The van der Waals surface area contributed by atoms with Crippen molar-refractivity contribution >= 4 is 15.9 Å². The first-order valence-electron chi connectivity index (χ1n) is 4.06. The Morgan fingerprint density at radius 3 is 2.57 bits per heavy atom. The van der Waals surface area contributed by atoms with Crippen LogP contribution in [0.25, 0.3) is 0 Å². The van der Waals surface area contributed by atoms with E-state index in [1.54, 1.807) is 12.3 Å². The summed E-state index contributed by atoms with van der Waals surface area (Å²) in [5.41, 5.74) is 0. The van der Waals surface area contributed by atoms with Gasteiger partial charge in [-0.3, -0.25) is 0 Å². The van der Waals surface area contributed by atoms with Gasteiger partial charge in [0.15, 0.2) is 0 Å².